The van der Waals surface area contributed by atoms with Crippen molar-refractivity contribution in [1.82, 2.24) is 19.6 Å². The highest BCUT2D eigenvalue weighted by Crippen LogP contribution is 2.32. The molecule has 0 aliphatic heterocycles. The highest BCUT2D eigenvalue weighted by molar-refractivity contribution is 7.16. The van der Waals surface area contributed by atoms with Crippen LogP contribution < -0.4 is 11.3 Å². The van der Waals surface area contributed by atoms with E-state index < -0.39 is 0 Å². The molecule has 19 heavy (non-hydrogen) atoms. The number of nitrogens with two attached hydrogens (primary N) is 1. The third-order valence-electron chi connectivity index (χ3n) is 2.87. The third-order valence-corrected chi connectivity index (χ3v) is 3.98. The predicted molar refractivity (Wildman–Crippen MR) is 75.4 cm³/mol. The number of thiophene rings is 1. The number of aryl methyl sites for hydroxylation is 2. The van der Waals surface area contributed by atoms with Crippen LogP contribution in [0.15, 0.2) is 16.9 Å². The number of aromatic amines is 1. The van der Waals surface area contributed by atoms with Gasteiger partial charge in [0.05, 0.1) is 10.6 Å². The van der Waals surface area contributed by atoms with Crippen LogP contribution in [0.1, 0.15) is 17.5 Å². The second-order valence-electron chi connectivity index (χ2n) is 4.29. The van der Waals surface area contributed by atoms with Gasteiger partial charge in [0.15, 0.2) is 5.82 Å². The van der Waals surface area contributed by atoms with Crippen LogP contribution in [-0.4, -0.2) is 19.6 Å². The fraction of sp³-hybridized carbons (Fsp3) is 0.250. The summed E-state index contributed by atoms with van der Waals surface area (Å²) in [5.74, 6) is 0.937. The number of hydrogen-bond acceptors (Lipinski definition) is 5. The molecule has 0 atom stereocenters. The van der Waals surface area contributed by atoms with Gasteiger partial charge in [0.2, 0.25) is 0 Å². The molecule has 0 fully saturated rings. The Morgan fingerprint density at radius 3 is 2.89 bits per heavy atom. The molecule has 0 aromatic carbocycles. The van der Waals surface area contributed by atoms with Gasteiger partial charge in [-0.05, 0) is 19.4 Å². The Hall–Kier alpha value is -2.15. The van der Waals surface area contributed by atoms with Crippen LogP contribution in [0, 0.1) is 6.92 Å². The van der Waals surface area contributed by atoms with E-state index in [9.17, 15) is 4.79 Å². The van der Waals surface area contributed by atoms with E-state index in [0.717, 1.165) is 12.0 Å². The van der Waals surface area contributed by atoms with Crippen LogP contribution in [0.4, 0.5) is 5.00 Å². The molecule has 0 aliphatic rings. The van der Waals surface area contributed by atoms with Crippen molar-refractivity contribution < 1.29 is 0 Å². The van der Waals surface area contributed by atoms with Gasteiger partial charge in [-0.25, -0.2) is 4.98 Å². The zero-order chi connectivity index (χ0) is 13.6. The standard InChI is InChI=1S/C12H13N5OS/c1-3-7-5-8(10(13)19-7)11-15-12-14-6(2)4-9(18)17(12)16-11/h4-5H,3,13H2,1-2H3,(H,14,15,16). The Labute approximate surface area is 112 Å². The van der Waals surface area contributed by atoms with Gasteiger partial charge in [-0.15, -0.1) is 11.3 Å². The number of aromatic nitrogens is 4. The van der Waals surface area contributed by atoms with Crippen LogP contribution >= 0.6 is 11.3 Å². The number of H-pyrrole nitrogens is 1. The van der Waals surface area contributed by atoms with Crippen molar-refractivity contribution in [2.75, 3.05) is 5.73 Å². The summed E-state index contributed by atoms with van der Waals surface area (Å²) in [6, 6.07) is 3.46. The van der Waals surface area contributed by atoms with Crippen molar-refractivity contribution in [2.45, 2.75) is 20.3 Å². The molecular weight excluding hydrogens is 262 g/mol. The Kier molecular flexibility index (Phi) is 2.63. The van der Waals surface area contributed by atoms with E-state index in [-0.39, 0.29) is 5.56 Å². The summed E-state index contributed by atoms with van der Waals surface area (Å²) in [7, 11) is 0. The van der Waals surface area contributed by atoms with Crippen LogP contribution in [0.3, 0.4) is 0 Å². The maximum atomic E-state index is 11.8. The molecule has 3 N–H and O–H groups in total. The zero-order valence-electron chi connectivity index (χ0n) is 10.6. The number of fused-ring (bicyclic) bond motifs is 1. The average molecular weight is 275 g/mol. The number of nitrogen functional groups attached to an aromatic ring is 1. The van der Waals surface area contributed by atoms with Gasteiger partial charge in [0.25, 0.3) is 11.3 Å². The number of anilines is 1. The summed E-state index contributed by atoms with van der Waals surface area (Å²) in [6.45, 7) is 3.84. The molecule has 3 aromatic heterocycles. The molecular formula is C12H13N5OS. The van der Waals surface area contributed by atoms with E-state index in [1.807, 2.05) is 6.07 Å². The Morgan fingerprint density at radius 2 is 2.21 bits per heavy atom. The first kappa shape index (κ1) is 11.9. The maximum Gasteiger partial charge on any atom is 0.274 e. The first-order valence-corrected chi connectivity index (χ1v) is 6.75. The lowest BCUT2D eigenvalue weighted by Crippen LogP contribution is -2.14. The molecule has 6 nitrogen and oxygen atoms in total. The van der Waals surface area contributed by atoms with Crippen molar-refractivity contribution >= 4 is 22.1 Å². The molecule has 7 heteroatoms. The van der Waals surface area contributed by atoms with Crippen LogP contribution in [0.25, 0.3) is 17.2 Å². The summed E-state index contributed by atoms with van der Waals surface area (Å²) in [6.07, 6.45) is 0.923. The van der Waals surface area contributed by atoms with Crippen molar-refractivity contribution in [2.24, 2.45) is 0 Å². The first-order valence-electron chi connectivity index (χ1n) is 5.93. The zero-order valence-corrected chi connectivity index (χ0v) is 11.4. The van der Waals surface area contributed by atoms with E-state index >= 15 is 0 Å². The lowest BCUT2D eigenvalue weighted by molar-refractivity contribution is 0.892. The molecule has 98 valence electrons. The van der Waals surface area contributed by atoms with E-state index in [1.165, 1.54) is 26.8 Å². The molecule has 3 heterocycles. The van der Waals surface area contributed by atoms with Gasteiger partial charge >= 0.3 is 0 Å². The molecule has 0 unspecified atom stereocenters. The van der Waals surface area contributed by atoms with Crippen molar-refractivity contribution in [3.8, 4) is 11.4 Å². The van der Waals surface area contributed by atoms with Gasteiger partial charge in [0, 0.05) is 16.6 Å². The van der Waals surface area contributed by atoms with Gasteiger partial charge < -0.3 is 5.73 Å². The molecule has 3 rings (SSSR count). The van der Waals surface area contributed by atoms with Crippen molar-refractivity contribution in [3.05, 3.63) is 33.1 Å². The first-order chi connectivity index (χ1) is 9.08. The number of nitrogens with zero attached hydrogens (tertiary/aromatic N) is 3. The highest BCUT2D eigenvalue weighted by atomic mass is 32.1. The summed E-state index contributed by atoms with van der Waals surface area (Å²) < 4.78 is 1.32. The fourth-order valence-corrected chi connectivity index (χ4v) is 2.80. The van der Waals surface area contributed by atoms with Gasteiger partial charge in [-0.3, -0.25) is 9.89 Å². The summed E-state index contributed by atoms with van der Waals surface area (Å²) in [4.78, 5) is 21.6. The van der Waals surface area contributed by atoms with E-state index in [4.69, 9.17) is 5.73 Å². The van der Waals surface area contributed by atoms with Crippen molar-refractivity contribution in [3.63, 3.8) is 0 Å². The topological polar surface area (TPSA) is 89.1 Å². The molecule has 0 amide bonds. The largest absolute Gasteiger partial charge is 0.390 e. The maximum absolute atomic E-state index is 11.8. The minimum atomic E-state index is -0.175. The van der Waals surface area contributed by atoms with E-state index in [2.05, 4.69) is 22.0 Å². The van der Waals surface area contributed by atoms with Gasteiger partial charge in [-0.2, -0.15) is 9.50 Å². The Balaban J connectivity index is 2.23. The second kappa shape index (κ2) is 4.20. The highest BCUT2D eigenvalue weighted by Gasteiger charge is 2.13. The van der Waals surface area contributed by atoms with Crippen LogP contribution in [0.5, 0.6) is 0 Å². The molecule has 0 aliphatic carbocycles. The minimum Gasteiger partial charge on any atom is -0.390 e. The fourth-order valence-electron chi connectivity index (χ4n) is 1.93. The van der Waals surface area contributed by atoms with Crippen molar-refractivity contribution in [1.29, 1.82) is 0 Å². The molecule has 0 saturated carbocycles. The summed E-state index contributed by atoms with van der Waals surface area (Å²) in [5.41, 5.74) is 7.29. The average Bonchev–Trinajstić information content (AvgIpc) is 2.92. The Bertz CT molecular complexity index is 813. The minimum absolute atomic E-state index is 0.175. The van der Waals surface area contributed by atoms with Gasteiger partial charge in [-0.1, -0.05) is 6.92 Å². The van der Waals surface area contributed by atoms with E-state index in [0.29, 0.717) is 22.3 Å². The third kappa shape index (κ3) is 1.91. The number of hydrogen-bond donors (Lipinski definition) is 2. The molecule has 0 spiro atoms. The van der Waals surface area contributed by atoms with E-state index in [1.54, 1.807) is 6.92 Å². The lowest BCUT2D eigenvalue weighted by Gasteiger charge is -1.92. The molecule has 0 radical (unpaired) electrons. The second-order valence-corrected chi connectivity index (χ2v) is 5.46. The molecule has 0 saturated heterocycles. The Morgan fingerprint density at radius 1 is 1.42 bits per heavy atom. The lowest BCUT2D eigenvalue weighted by atomic mass is 10.2. The quantitative estimate of drug-likeness (QED) is 0.743. The monoisotopic (exact) mass is 275 g/mol. The summed E-state index contributed by atoms with van der Waals surface area (Å²) in [5, 5.41) is 3.64. The van der Waals surface area contributed by atoms with Crippen LogP contribution in [0.2, 0.25) is 0 Å². The predicted octanol–water partition coefficient (Wildman–Crippen LogP) is 1.60. The normalized spacial score (nSPS) is 11.3. The molecule has 3 aromatic rings. The van der Waals surface area contributed by atoms with Crippen LogP contribution in [-0.2, 0) is 6.42 Å². The molecule has 0 bridgehead atoms. The smallest absolute Gasteiger partial charge is 0.274 e. The number of nitrogens with one attached hydrogen (secondary N) is 1. The number of rotatable bonds is 2. The SMILES string of the molecule is CCc1cc(-c2nc3nc(C)cc(=O)n3[nH]2)c(N)s1. The summed E-state index contributed by atoms with van der Waals surface area (Å²) >= 11 is 1.54. The van der Waals surface area contributed by atoms with Gasteiger partial charge in [0.1, 0.15) is 0 Å².